The molecule has 0 fully saturated rings. The van der Waals surface area contributed by atoms with Crippen LogP contribution in [-0.2, 0) is 4.74 Å². The molecule has 1 unspecified atom stereocenters. The summed E-state index contributed by atoms with van der Waals surface area (Å²) in [6.45, 7) is 12.9. The maximum absolute atomic E-state index is 11.3. The van der Waals surface area contributed by atoms with E-state index in [1.54, 1.807) is 0 Å². The maximum atomic E-state index is 11.3. The van der Waals surface area contributed by atoms with Crippen molar-refractivity contribution in [2.75, 3.05) is 13.1 Å². The Hall–Kier alpha value is -1.03. The van der Waals surface area contributed by atoms with Crippen molar-refractivity contribution in [3.63, 3.8) is 0 Å². The van der Waals surface area contributed by atoms with Crippen LogP contribution in [0.15, 0.2) is 12.7 Å². The quantitative estimate of drug-likeness (QED) is 0.532. The molecule has 0 aromatic rings. The lowest BCUT2D eigenvalue weighted by Crippen LogP contribution is -2.34. The molecule has 0 heterocycles. The monoisotopic (exact) mass is 242 g/mol. The van der Waals surface area contributed by atoms with Crippen LogP contribution in [0.25, 0.3) is 0 Å². The maximum Gasteiger partial charge on any atom is 0.407 e. The van der Waals surface area contributed by atoms with Gasteiger partial charge < -0.3 is 15.4 Å². The van der Waals surface area contributed by atoms with Crippen molar-refractivity contribution in [3.8, 4) is 0 Å². The zero-order valence-electron chi connectivity index (χ0n) is 11.5. The van der Waals surface area contributed by atoms with Crippen molar-refractivity contribution in [3.05, 3.63) is 12.7 Å². The summed E-state index contributed by atoms with van der Waals surface area (Å²) in [5, 5.41) is 6.07. The minimum Gasteiger partial charge on any atom is -0.444 e. The van der Waals surface area contributed by atoms with Gasteiger partial charge in [0, 0.05) is 12.6 Å². The van der Waals surface area contributed by atoms with Crippen molar-refractivity contribution < 1.29 is 9.53 Å². The average molecular weight is 242 g/mol. The summed E-state index contributed by atoms with van der Waals surface area (Å²) in [6, 6.07) is 0.439. The molecule has 0 aliphatic rings. The Kier molecular flexibility index (Phi) is 7.63. The van der Waals surface area contributed by atoms with Gasteiger partial charge in [-0.3, -0.25) is 0 Å². The van der Waals surface area contributed by atoms with Crippen molar-refractivity contribution in [2.24, 2.45) is 0 Å². The number of hydrogen-bond donors (Lipinski definition) is 2. The van der Waals surface area contributed by atoms with Crippen LogP contribution in [0.1, 0.15) is 40.5 Å². The molecule has 4 heteroatoms. The molecule has 0 saturated heterocycles. The molecule has 0 radical (unpaired) electrons. The Morgan fingerprint density at radius 2 is 2.06 bits per heavy atom. The van der Waals surface area contributed by atoms with Gasteiger partial charge >= 0.3 is 6.09 Å². The Bertz CT molecular complexity index is 234. The van der Waals surface area contributed by atoms with E-state index in [1.807, 2.05) is 26.8 Å². The molecule has 1 amide bonds. The molecule has 2 N–H and O–H groups in total. The molecule has 0 aliphatic heterocycles. The summed E-state index contributed by atoms with van der Waals surface area (Å²) in [6.07, 6.45) is 3.40. The molecule has 17 heavy (non-hydrogen) atoms. The number of carbonyl (C=O) groups is 1. The van der Waals surface area contributed by atoms with Crippen LogP contribution in [0.4, 0.5) is 4.79 Å². The van der Waals surface area contributed by atoms with Crippen molar-refractivity contribution in [2.45, 2.75) is 52.2 Å². The molecule has 0 spiro atoms. The Labute approximate surface area is 105 Å². The predicted octanol–water partition coefficient (Wildman–Crippen LogP) is 2.46. The van der Waals surface area contributed by atoms with Crippen LogP contribution >= 0.6 is 0 Å². The fourth-order valence-corrected chi connectivity index (χ4v) is 1.27. The number of carbonyl (C=O) groups excluding carboxylic acids is 1. The van der Waals surface area contributed by atoms with Crippen LogP contribution in [0.3, 0.4) is 0 Å². The van der Waals surface area contributed by atoms with Gasteiger partial charge in [0.15, 0.2) is 0 Å². The molecule has 0 aromatic heterocycles. The van der Waals surface area contributed by atoms with Crippen molar-refractivity contribution >= 4 is 6.09 Å². The highest BCUT2D eigenvalue weighted by molar-refractivity contribution is 5.67. The van der Waals surface area contributed by atoms with E-state index in [2.05, 4.69) is 24.1 Å². The lowest BCUT2D eigenvalue weighted by Gasteiger charge is -2.19. The van der Waals surface area contributed by atoms with Crippen LogP contribution in [0, 0.1) is 0 Å². The first-order valence-electron chi connectivity index (χ1n) is 6.16. The van der Waals surface area contributed by atoms with E-state index in [9.17, 15) is 4.79 Å². The number of amides is 1. The van der Waals surface area contributed by atoms with Gasteiger partial charge in [-0.15, -0.1) is 6.58 Å². The number of rotatable bonds is 7. The minimum absolute atomic E-state index is 0.350. The third-order valence-corrected chi connectivity index (χ3v) is 2.03. The second kappa shape index (κ2) is 8.12. The number of alkyl carbamates (subject to hydrolysis) is 1. The normalized spacial score (nSPS) is 12.9. The van der Waals surface area contributed by atoms with Crippen LogP contribution in [0.5, 0.6) is 0 Å². The zero-order valence-corrected chi connectivity index (χ0v) is 11.5. The molecule has 1 atom stereocenters. The fourth-order valence-electron chi connectivity index (χ4n) is 1.27. The Morgan fingerprint density at radius 3 is 2.59 bits per heavy atom. The topological polar surface area (TPSA) is 50.4 Å². The minimum atomic E-state index is -0.430. The lowest BCUT2D eigenvalue weighted by atomic mass is 10.2. The second-order valence-electron chi connectivity index (χ2n) is 5.16. The third-order valence-electron chi connectivity index (χ3n) is 2.03. The van der Waals surface area contributed by atoms with Crippen molar-refractivity contribution in [1.82, 2.24) is 10.6 Å². The molecular weight excluding hydrogens is 216 g/mol. The molecular formula is C13H26N2O2. The van der Waals surface area contributed by atoms with Gasteiger partial charge in [-0.05, 0) is 47.1 Å². The lowest BCUT2D eigenvalue weighted by molar-refractivity contribution is 0.0527. The van der Waals surface area contributed by atoms with E-state index in [1.165, 1.54) is 0 Å². The number of hydrogen-bond acceptors (Lipinski definition) is 3. The SMILES string of the molecule is C=CCC(C)NCCCNC(=O)OC(C)(C)C. The van der Waals surface area contributed by atoms with Crippen LogP contribution in [-0.4, -0.2) is 30.8 Å². The zero-order chi connectivity index (χ0) is 13.3. The molecule has 0 bridgehead atoms. The van der Waals surface area contributed by atoms with E-state index in [-0.39, 0.29) is 6.09 Å². The summed E-state index contributed by atoms with van der Waals surface area (Å²) in [5.74, 6) is 0. The smallest absolute Gasteiger partial charge is 0.407 e. The summed E-state index contributed by atoms with van der Waals surface area (Å²) in [7, 11) is 0. The Balaban J connectivity index is 3.45. The summed E-state index contributed by atoms with van der Waals surface area (Å²) >= 11 is 0. The summed E-state index contributed by atoms with van der Waals surface area (Å²) < 4.78 is 5.12. The highest BCUT2D eigenvalue weighted by Crippen LogP contribution is 2.06. The molecule has 0 aliphatic carbocycles. The van der Waals surface area contributed by atoms with Crippen LogP contribution in [0.2, 0.25) is 0 Å². The molecule has 0 rings (SSSR count). The van der Waals surface area contributed by atoms with Gasteiger partial charge in [-0.1, -0.05) is 6.08 Å². The van der Waals surface area contributed by atoms with Gasteiger partial charge in [-0.2, -0.15) is 0 Å². The number of ether oxygens (including phenoxy) is 1. The second-order valence-corrected chi connectivity index (χ2v) is 5.16. The van der Waals surface area contributed by atoms with Crippen LogP contribution < -0.4 is 10.6 Å². The largest absolute Gasteiger partial charge is 0.444 e. The standard InChI is InChI=1S/C13H26N2O2/c1-6-8-11(2)14-9-7-10-15-12(16)17-13(3,4)5/h6,11,14H,1,7-10H2,2-5H3,(H,15,16). The van der Waals surface area contributed by atoms with Gasteiger partial charge in [0.2, 0.25) is 0 Å². The van der Waals surface area contributed by atoms with Gasteiger partial charge in [0.1, 0.15) is 5.60 Å². The van der Waals surface area contributed by atoms with Crippen molar-refractivity contribution in [1.29, 1.82) is 0 Å². The van der Waals surface area contributed by atoms with E-state index >= 15 is 0 Å². The highest BCUT2D eigenvalue weighted by atomic mass is 16.6. The van der Waals surface area contributed by atoms with E-state index in [4.69, 9.17) is 4.74 Å². The van der Waals surface area contributed by atoms with Gasteiger partial charge in [-0.25, -0.2) is 4.79 Å². The highest BCUT2D eigenvalue weighted by Gasteiger charge is 2.15. The number of nitrogens with one attached hydrogen (secondary N) is 2. The molecule has 0 aromatic carbocycles. The summed E-state index contributed by atoms with van der Waals surface area (Å²) in [5.41, 5.74) is -0.430. The third kappa shape index (κ3) is 11.2. The van der Waals surface area contributed by atoms with Gasteiger partial charge in [0.05, 0.1) is 0 Å². The van der Waals surface area contributed by atoms with Gasteiger partial charge in [0.25, 0.3) is 0 Å². The molecule has 4 nitrogen and oxygen atoms in total. The van der Waals surface area contributed by atoms with E-state index < -0.39 is 5.60 Å². The predicted molar refractivity (Wildman–Crippen MR) is 71.1 cm³/mol. The van der Waals surface area contributed by atoms with E-state index in [0.29, 0.717) is 12.6 Å². The first-order valence-corrected chi connectivity index (χ1v) is 6.16. The first-order chi connectivity index (χ1) is 7.85. The molecule has 100 valence electrons. The van der Waals surface area contributed by atoms with E-state index in [0.717, 1.165) is 19.4 Å². The average Bonchev–Trinajstić information content (AvgIpc) is 2.14. The first kappa shape index (κ1) is 16.0. The fraction of sp³-hybridized carbons (Fsp3) is 0.769. The Morgan fingerprint density at radius 1 is 1.41 bits per heavy atom. The summed E-state index contributed by atoms with van der Waals surface area (Å²) in [4.78, 5) is 11.3. The molecule has 0 saturated carbocycles.